The van der Waals surface area contributed by atoms with E-state index in [1.807, 2.05) is 16.8 Å². The lowest BCUT2D eigenvalue weighted by Crippen LogP contribution is -2.26. The van der Waals surface area contributed by atoms with Gasteiger partial charge >= 0.3 is 0 Å². The zero-order valence-corrected chi connectivity index (χ0v) is 16.6. The Morgan fingerprint density at radius 1 is 1.27 bits per heavy atom. The minimum atomic E-state index is 0. The number of aromatic nitrogens is 1. The minimum absolute atomic E-state index is 0. The lowest BCUT2D eigenvalue weighted by Gasteiger charge is -2.02. The molecule has 2 rings (SSSR count). The Morgan fingerprint density at radius 2 is 2.05 bits per heavy atom. The van der Waals surface area contributed by atoms with Crippen molar-refractivity contribution in [2.24, 2.45) is 5.73 Å². The van der Waals surface area contributed by atoms with Gasteiger partial charge in [-0.25, -0.2) is 4.98 Å². The Kier molecular flexibility index (Phi) is 11.3. The molecule has 2 aromatic rings. The van der Waals surface area contributed by atoms with Crippen LogP contribution < -0.4 is 11.1 Å². The normalized spacial score (nSPS) is 9.73. The van der Waals surface area contributed by atoms with Crippen molar-refractivity contribution in [1.82, 2.24) is 10.3 Å². The second kappa shape index (κ2) is 11.4. The van der Waals surface area contributed by atoms with E-state index in [0.717, 1.165) is 32.9 Å². The predicted octanol–water partition coefficient (Wildman–Crippen LogP) is 3.88. The van der Waals surface area contributed by atoms with Crippen LogP contribution in [0.1, 0.15) is 18.5 Å². The van der Waals surface area contributed by atoms with Crippen LogP contribution in [0.2, 0.25) is 0 Å². The number of hydrogen-bond acceptors (Lipinski definition) is 5. The Morgan fingerprint density at radius 3 is 2.68 bits per heavy atom. The number of thiazole rings is 1. The SMILES string of the molecule is Cl.Cl.NCCCCNC(=O)Cc1csc(-c2cc(Br)cs2)n1. The molecule has 0 aliphatic carbocycles. The van der Waals surface area contributed by atoms with Crippen LogP contribution in [0.15, 0.2) is 21.3 Å². The molecule has 124 valence electrons. The summed E-state index contributed by atoms with van der Waals surface area (Å²) >= 11 is 6.65. The zero-order valence-electron chi connectivity index (χ0n) is 11.7. The second-order valence-electron chi connectivity index (χ2n) is 4.30. The average molecular weight is 447 g/mol. The number of nitrogens with one attached hydrogen (secondary N) is 1. The molecule has 0 aromatic carbocycles. The lowest BCUT2D eigenvalue weighted by atomic mass is 10.3. The van der Waals surface area contributed by atoms with Gasteiger partial charge in [-0.1, -0.05) is 0 Å². The third kappa shape index (κ3) is 6.93. The second-order valence-corrected chi connectivity index (χ2v) is 6.98. The maximum atomic E-state index is 11.7. The monoisotopic (exact) mass is 445 g/mol. The Balaban J connectivity index is 0.00000220. The molecule has 0 radical (unpaired) electrons. The molecular formula is C13H18BrCl2N3OS2. The quantitative estimate of drug-likeness (QED) is 0.634. The van der Waals surface area contributed by atoms with Gasteiger partial charge in [-0.2, -0.15) is 0 Å². The number of nitrogens with two attached hydrogens (primary N) is 1. The summed E-state index contributed by atoms with van der Waals surface area (Å²) in [5, 5.41) is 7.82. The van der Waals surface area contributed by atoms with Gasteiger partial charge in [-0.3, -0.25) is 4.79 Å². The molecule has 0 aliphatic rings. The van der Waals surface area contributed by atoms with Gasteiger partial charge in [0.25, 0.3) is 0 Å². The topological polar surface area (TPSA) is 68.0 Å². The number of carbonyl (C=O) groups is 1. The Labute approximate surface area is 158 Å². The largest absolute Gasteiger partial charge is 0.356 e. The Hall–Kier alpha value is -0.180. The highest BCUT2D eigenvalue weighted by Crippen LogP contribution is 2.31. The van der Waals surface area contributed by atoms with Crippen LogP contribution in [-0.2, 0) is 11.2 Å². The molecule has 1 amide bonds. The minimum Gasteiger partial charge on any atom is -0.356 e. The first-order chi connectivity index (χ1) is 9.69. The van der Waals surface area contributed by atoms with Crippen LogP contribution in [0.4, 0.5) is 0 Å². The van der Waals surface area contributed by atoms with Crippen molar-refractivity contribution in [1.29, 1.82) is 0 Å². The van der Waals surface area contributed by atoms with Gasteiger partial charge in [0.15, 0.2) is 0 Å². The third-order valence-corrected chi connectivity index (χ3v) is 5.38. The van der Waals surface area contributed by atoms with E-state index < -0.39 is 0 Å². The van der Waals surface area contributed by atoms with E-state index in [1.165, 1.54) is 0 Å². The predicted molar refractivity (Wildman–Crippen MR) is 103 cm³/mol. The molecule has 0 saturated heterocycles. The number of hydrogen-bond donors (Lipinski definition) is 2. The van der Waals surface area contributed by atoms with Crippen molar-refractivity contribution >= 4 is 69.3 Å². The van der Waals surface area contributed by atoms with Crippen LogP contribution in [0, 0.1) is 0 Å². The van der Waals surface area contributed by atoms with E-state index in [4.69, 9.17) is 5.73 Å². The van der Waals surface area contributed by atoms with E-state index >= 15 is 0 Å². The molecule has 0 atom stereocenters. The first-order valence-electron chi connectivity index (χ1n) is 6.34. The number of halogens is 3. The molecule has 0 aliphatic heterocycles. The van der Waals surface area contributed by atoms with Crippen molar-refractivity contribution in [2.45, 2.75) is 19.3 Å². The van der Waals surface area contributed by atoms with Crippen LogP contribution in [-0.4, -0.2) is 24.0 Å². The fraction of sp³-hybridized carbons (Fsp3) is 0.385. The van der Waals surface area contributed by atoms with Crippen molar-refractivity contribution < 1.29 is 4.79 Å². The third-order valence-electron chi connectivity index (χ3n) is 2.62. The molecule has 4 nitrogen and oxygen atoms in total. The van der Waals surface area contributed by atoms with E-state index in [0.29, 0.717) is 19.5 Å². The maximum Gasteiger partial charge on any atom is 0.226 e. The molecule has 9 heteroatoms. The fourth-order valence-corrected chi connectivity index (χ4v) is 3.98. The van der Waals surface area contributed by atoms with E-state index in [2.05, 4.69) is 26.2 Å². The smallest absolute Gasteiger partial charge is 0.226 e. The van der Waals surface area contributed by atoms with Gasteiger partial charge in [0.2, 0.25) is 5.91 Å². The zero-order chi connectivity index (χ0) is 14.4. The molecule has 2 aromatic heterocycles. The first-order valence-corrected chi connectivity index (χ1v) is 8.90. The summed E-state index contributed by atoms with van der Waals surface area (Å²) in [4.78, 5) is 17.4. The van der Waals surface area contributed by atoms with E-state index in [1.54, 1.807) is 22.7 Å². The van der Waals surface area contributed by atoms with Gasteiger partial charge in [-0.15, -0.1) is 47.5 Å². The van der Waals surface area contributed by atoms with Crippen molar-refractivity contribution in [3.05, 3.63) is 27.0 Å². The average Bonchev–Trinajstić information content (AvgIpc) is 3.04. The van der Waals surface area contributed by atoms with Gasteiger partial charge < -0.3 is 11.1 Å². The molecule has 0 saturated carbocycles. The summed E-state index contributed by atoms with van der Waals surface area (Å²) in [6.45, 7) is 1.35. The molecule has 3 N–H and O–H groups in total. The number of amides is 1. The molecule has 0 bridgehead atoms. The van der Waals surface area contributed by atoms with Gasteiger partial charge in [0.1, 0.15) is 5.01 Å². The Bertz CT molecular complexity index is 577. The van der Waals surface area contributed by atoms with Crippen LogP contribution in [0.3, 0.4) is 0 Å². The van der Waals surface area contributed by atoms with Crippen molar-refractivity contribution in [3.63, 3.8) is 0 Å². The number of unbranched alkanes of at least 4 members (excludes halogenated alkanes) is 1. The van der Waals surface area contributed by atoms with Crippen molar-refractivity contribution in [2.75, 3.05) is 13.1 Å². The van der Waals surface area contributed by atoms with Crippen LogP contribution >= 0.6 is 63.4 Å². The molecule has 0 spiro atoms. The number of rotatable bonds is 7. The van der Waals surface area contributed by atoms with E-state index in [9.17, 15) is 4.79 Å². The molecule has 2 heterocycles. The summed E-state index contributed by atoms with van der Waals surface area (Å²) in [6, 6.07) is 2.04. The maximum absolute atomic E-state index is 11.7. The summed E-state index contributed by atoms with van der Waals surface area (Å²) in [6.07, 6.45) is 2.20. The number of nitrogens with zero attached hydrogens (tertiary/aromatic N) is 1. The van der Waals surface area contributed by atoms with Gasteiger partial charge in [0.05, 0.1) is 17.0 Å². The summed E-state index contributed by atoms with van der Waals surface area (Å²) in [7, 11) is 0. The lowest BCUT2D eigenvalue weighted by molar-refractivity contribution is -0.120. The highest BCUT2D eigenvalue weighted by Gasteiger charge is 2.10. The molecule has 22 heavy (non-hydrogen) atoms. The van der Waals surface area contributed by atoms with Crippen LogP contribution in [0.25, 0.3) is 9.88 Å². The molecular weight excluding hydrogens is 429 g/mol. The van der Waals surface area contributed by atoms with Crippen molar-refractivity contribution in [3.8, 4) is 9.88 Å². The summed E-state index contributed by atoms with van der Waals surface area (Å²) in [5.41, 5.74) is 6.23. The first kappa shape index (κ1) is 21.8. The molecule has 0 fully saturated rings. The molecule has 0 unspecified atom stereocenters. The highest BCUT2D eigenvalue weighted by molar-refractivity contribution is 9.10. The highest BCUT2D eigenvalue weighted by atomic mass is 79.9. The number of thiophene rings is 1. The fourth-order valence-electron chi connectivity index (χ4n) is 1.65. The van der Waals surface area contributed by atoms with Crippen LogP contribution in [0.5, 0.6) is 0 Å². The van der Waals surface area contributed by atoms with E-state index in [-0.39, 0.29) is 30.7 Å². The number of carbonyl (C=O) groups excluding carboxylic acids is 1. The van der Waals surface area contributed by atoms with Gasteiger partial charge in [0, 0.05) is 21.8 Å². The van der Waals surface area contributed by atoms with Gasteiger partial charge in [-0.05, 0) is 41.4 Å². The summed E-state index contributed by atoms with van der Waals surface area (Å²) < 4.78 is 1.06. The standard InChI is InChI=1S/C13H16BrN3OS2.2ClH/c14-9-5-11(19-7-9)13-17-10(8-20-13)6-12(18)16-4-2-1-3-15;;/h5,7-8H,1-4,6,15H2,(H,16,18);2*1H. The summed E-state index contributed by atoms with van der Waals surface area (Å²) in [5.74, 6) is 0.0197.